The third-order valence-electron chi connectivity index (χ3n) is 4.55. The van der Waals surface area contributed by atoms with Gasteiger partial charge in [-0.2, -0.15) is 5.26 Å². The lowest BCUT2D eigenvalue weighted by Gasteiger charge is -2.32. The maximum atomic E-state index is 8.96. The summed E-state index contributed by atoms with van der Waals surface area (Å²) in [6.07, 6.45) is 5.58. The monoisotopic (exact) mass is 334 g/mol. The van der Waals surface area contributed by atoms with Gasteiger partial charge in [0.25, 0.3) is 0 Å². The summed E-state index contributed by atoms with van der Waals surface area (Å²) < 4.78 is 1.16. The number of benzene rings is 1. The van der Waals surface area contributed by atoms with E-state index >= 15 is 0 Å². The Labute approximate surface area is 130 Å². The Kier molecular flexibility index (Phi) is 5.63. The summed E-state index contributed by atoms with van der Waals surface area (Å²) in [5.74, 6) is 0.298. The summed E-state index contributed by atoms with van der Waals surface area (Å²) in [6.45, 7) is 3.28. The maximum absolute atomic E-state index is 8.96. The first-order valence-corrected chi connectivity index (χ1v) is 8.24. The minimum Gasteiger partial charge on any atom is -0.303 e. The molecule has 108 valence electrons. The molecule has 2 nitrogen and oxygen atoms in total. The highest BCUT2D eigenvalue weighted by molar-refractivity contribution is 9.10. The highest BCUT2D eigenvalue weighted by Gasteiger charge is 2.23. The van der Waals surface area contributed by atoms with E-state index in [9.17, 15) is 0 Å². The average molecular weight is 335 g/mol. The van der Waals surface area contributed by atoms with E-state index in [4.69, 9.17) is 5.26 Å². The van der Waals surface area contributed by atoms with Gasteiger partial charge in [0.1, 0.15) is 0 Å². The van der Waals surface area contributed by atoms with Crippen LogP contribution in [0.2, 0.25) is 0 Å². The van der Waals surface area contributed by atoms with Crippen LogP contribution in [0.4, 0.5) is 0 Å². The Bertz CT molecular complexity index is 484. The SMILES string of the molecule is Cc1ccc(Br)cc1CCN(C)C1CCC(C#N)CC1. The van der Waals surface area contributed by atoms with E-state index in [0.29, 0.717) is 12.0 Å². The molecule has 2 rings (SSSR count). The Morgan fingerprint density at radius 3 is 2.65 bits per heavy atom. The van der Waals surface area contributed by atoms with Crippen molar-refractivity contribution in [3.63, 3.8) is 0 Å². The summed E-state index contributed by atoms with van der Waals surface area (Å²) in [6, 6.07) is 9.58. The molecule has 0 bridgehead atoms. The lowest BCUT2D eigenvalue weighted by atomic mass is 9.86. The average Bonchev–Trinajstić information content (AvgIpc) is 2.48. The molecule has 0 N–H and O–H groups in total. The summed E-state index contributed by atoms with van der Waals surface area (Å²) >= 11 is 3.55. The second kappa shape index (κ2) is 7.24. The molecule has 1 fully saturated rings. The zero-order valence-corrected chi connectivity index (χ0v) is 14.0. The minimum absolute atomic E-state index is 0.298. The number of nitrogens with zero attached hydrogens (tertiary/aromatic N) is 2. The predicted octanol–water partition coefficient (Wildman–Crippen LogP) is 4.31. The summed E-state index contributed by atoms with van der Waals surface area (Å²) in [5, 5.41) is 8.96. The van der Waals surface area contributed by atoms with Crippen LogP contribution in [0, 0.1) is 24.2 Å². The highest BCUT2D eigenvalue weighted by Crippen LogP contribution is 2.26. The Hall–Kier alpha value is -0.850. The Morgan fingerprint density at radius 1 is 1.30 bits per heavy atom. The standard InChI is InChI=1S/C17H23BrN2/c1-13-3-6-16(18)11-15(13)9-10-20(2)17-7-4-14(12-19)5-8-17/h3,6,11,14,17H,4-5,7-10H2,1-2H3. The van der Waals surface area contributed by atoms with Crippen LogP contribution >= 0.6 is 15.9 Å². The lowest BCUT2D eigenvalue weighted by Crippen LogP contribution is -2.36. The van der Waals surface area contributed by atoms with E-state index in [1.165, 1.54) is 24.0 Å². The van der Waals surface area contributed by atoms with Gasteiger partial charge in [-0.3, -0.25) is 0 Å². The van der Waals surface area contributed by atoms with E-state index in [1.807, 2.05) is 0 Å². The molecule has 3 heteroatoms. The molecule has 1 aromatic carbocycles. The molecule has 1 aliphatic rings. The van der Waals surface area contributed by atoms with E-state index in [1.54, 1.807) is 0 Å². The number of aryl methyl sites for hydroxylation is 1. The molecule has 0 radical (unpaired) electrons. The molecule has 0 aromatic heterocycles. The normalized spacial score (nSPS) is 22.8. The van der Waals surface area contributed by atoms with Crippen molar-refractivity contribution in [1.82, 2.24) is 4.90 Å². The van der Waals surface area contributed by atoms with E-state index in [0.717, 1.165) is 30.3 Å². The van der Waals surface area contributed by atoms with Crippen LogP contribution in [0.3, 0.4) is 0 Å². The molecule has 0 aliphatic heterocycles. The summed E-state index contributed by atoms with van der Waals surface area (Å²) in [7, 11) is 2.23. The zero-order valence-electron chi connectivity index (χ0n) is 12.4. The van der Waals surface area contributed by atoms with Gasteiger partial charge in [0.2, 0.25) is 0 Å². The van der Waals surface area contributed by atoms with Crippen LogP contribution in [0.5, 0.6) is 0 Å². The van der Waals surface area contributed by atoms with Crippen LogP contribution in [0.1, 0.15) is 36.8 Å². The van der Waals surface area contributed by atoms with E-state index in [2.05, 4.69) is 59.1 Å². The quantitative estimate of drug-likeness (QED) is 0.820. The topological polar surface area (TPSA) is 27.0 Å². The lowest BCUT2D eigenvalue weighted by molar-refractivity contribution is 0.180. The molecule has 0 atom stereocenters. The fraction of sp³-hybridized carbons (Fsp3) is 0.588. The van der Waals surface area contributed by atoms with Crippen molar-refractivity contribution in [2.75, 3.05) is 13.6 Å². The van der Waals surface area contributed by atoms with Crippen molar-refractivity contribution >= 4 is 15.9 Å². The van der Waals surface area contributed by atoms with Crippen LogP contribution in [0.25, 0.3) is 0 Å². The molecule has 20 heavy (non-hydrogen) atoms. The molecular formula is C17H23BrN2. The smallest absolute Gasteiger partial charge is 0.0655 e. The van der Waals surface area contributed by atoms with Gasteiger partial charge in [-0.25, -0.2) is 0 Å². The molecule has 0 heterocycles. The van der Waals surface area contributed by atoms with Crippen molar-refractivity contribution in [3.05, 3.63) is 33.8 Å². The summed E-state index contributed by atoms with van der Waals surface area (Å²) in [5.41, 5.74) is 2.80. The van der Waals surface area contributed by atoms with Gasteiger partial charge in [0.15, 0.2) is 0 Å². The third-order valence-corrected chi connectivity index (χ3v) is 5.04. The van der Waals surface area contributed by atoms with Crippen molar-refractivity contribution in [2.45, 2.75) is 45.1 Å². The van der Waals surface area contributed by atoms with Crippen molar-refractivity contribution < 1.29 is 0 Å². The predicted molar refractivity (Wildman–Crippen MR) is 86.6 cm³/mol. The van der Waals surface area contributed by atoms with Gasteiger partial charge >= 0.3 is 0 Å². The fourth-order valence-electron chi connectivity index (χ4n) is 3.03. The molecule has 0 saturated heterocycles. The molecule has 0 amide bonds. The first-order chi connectivity index (χ1) is 9.60. The zero-order chi connectivity index (χ0) is 14.5. The number of halogens is 1. The second-order valence-corrected chi connectivity index (χ2v) is 6.85. The van der Waals surface area contributed by atoms with Gasteiger partial charge in [-0.1, -0.05) is 22.0 Å². The van der Waals surface area contributed by atoms with Crippen molar-refractivity contribution in [2.24, 2.45) is 5.92 Å². The van der Waals surface area contributed by atoms with E-state index < -0.39 is 0 Å². The number of rotatable bonds is 4. The first-order valence-electron chi connectivity index (χ1n) is 7.45. The fourth-order valence-corrected chi connectivity index (χ4v) is 3.44. The van der Waals surface area contributed by atoms with Gasteiger partial charge in [-0.05, 0) is 69.3 Å². The minimum atomic E-state index is 0.298. The van der Waals surface area contributed by atoms with Crippen LogP contribution < -0.4 is 0 Å². The molecule has 0 spiro atoms. The number of hydrogen-bond donors (Lipinski definition) is 0. The molecule has 1 saturated carbocycles. The number of likely N-dealkylation sites (N-methyl/N-ethyl adjacent to an activating group) is 1. The Morgan fingerprint density at radius 2 is 2.00 bits per heavy atom. The van der Waals surface area contributed by atoms with Gasteiger partial charge in [0, 0.05) is 23.0 Å². The number of hydrogen-bond acceptors (Lipinski definition) is 2. The third kappa shape index (κ3) is 4.07. The van der Waals surface area contributed by atoms with Gasteiger partial charge in [-0.15, -0.1) is 0 Å². The highest BCUT2D eigenvalue weighted by atomic mass is 79.9. The molecule has 1 aliphatic carbocycles. The van der Waals surface area contributed by atoms with Crippen LogP contribution in [0.15, 0.2) is 22.7 Å². The first kappa shape index (κ1) is 15.5. The Balaban J connectivity index is 1.85. The van der Waals surface area contributed by atoms with Crippen molar-refractivity contribution in [1.29, 1.82) is 5.26 Å². The maximum Gasteiger partial charge on any atom is 0.0655 e. The second-order valence-electron chi connectivity index (χ2n) is 5.94. The molecule has 1 aromatic rings. The van der Waals surface area contributed by atoms with Crippen LogP contribution in [-0.2, 0) is 6.42 Å². The van der Waals surface area contributed by atoms with Crippen molar-refractivity contribution in [3.8, 4) is 6.07 Å². The largest absolute Gasteiger partial charge is 0.303 e. The van der Waals surface area contributed by atoms with Crippen LogP contribution in [-0.4, -0.2) is 24.5 Å². The van der Waals surface area contributed by atoms with E-state index in [-0.39, 0.29) is 0 Å². The van der Waals surface area contributed by atoms with Gasteiger partial charge in [0.05, 0.1) is 6.07 Å². The molecule has 0 unspecified atom stereocenters. The number of nitriles is 1. The summed E-state index contributed by atoms with van der Waals surface area (Å²) in [4.78, 5) is 2.48. The molecular weight excluding hydrogens is 312 g/mol. The van der Waals surface area contributed by atoms with Gasteiger partial charge < -0.3 is 4.90 Å².